The molecule has 1 unspecified atom stereocenters. The Morgan fingerprint density at radius 3 is 2.52 bits per heavy atom. The molecule has 0 radical (unpaired) electrons. The molecule has 3 aliphatic carbocycles. The largest absolute Gasteiger partial charge is 0.394 e. The second-order valence-electron chi connectivity index (χ2n) is 9.16. The van der Waals surface area contributed by atoms with Crippen LogP contribution in [-0.4, -0.2) is 34.1 Å². The van der Waals surface area contributed by atoms with Crippen LogP contribution in [0.25, 0.3) is 0 Å². The summed E-state index contributed by atoms with van der Waals surface area (Å²) in [7, 11) is 0. The van der Waals surface area contributed by atoms with Gasteiger partial charge in [0.1, 0.15) is 0 Å². The first-order valence-electron chi connectivity index (χ1n) is 9.03. The van der Waals surface area contributed by atoms with Gasteiger partial charge in [0.2, 0.25) is 0 Å². The fraction of sp³-hybridized carbons (Fsp3) is 0.800. The summed E-state index contributed by atoms with van der Waals surface area (Å²) in [5.74, 6) is 0.872. The third-order valence-electron chi connectivity index (χ3n) is 7.41. The minimum absolute atomic E-state index is 0.0968. The van der Waals surface area contributed by atoms with Gasteiger partial charge in [0.05, 0.1) is 18.8 Å². The lowest BCUT2D eigenvalue weighted by Gasteiger charge is -2.59. The number of aliphatic hydroxyl groups is 3. The lowest BCUT2D eigenvalue weighted by atomic mass is 9.46. The zero-order chi connectivity index (χ0) is 17.0. The van der Waals surface area contributed by atoms with Gasteiger partial charge in [0, 0.05) is 5.41 Å². The second-order valence-corrected chi connectivity index (χ2v) is 9.16. The Balaban J connectivity index is 2.00. The molecule has 0 aromatic rings. The Morgan fingerprint density at radius 2 is 1.87 bits per heavy atom. The number of allylic oxidation sites excluding steroid dienone is 3. The van der Waals surface area contributed by atoms with E-state index < -0.39 is 6.10 Å². The summed E-state index contributed by atoms with van der Waals surface area (Å²) in [4.78, 5) is 0. The number of fused-ring (bicyclic) bond motifs is 3. The highest BCUT2D eigenvalue weighted by Crippen LogP contribution is 2.61. The number of rotatable bonds is 2. The quantitative estimate of drug-likeness (QED) is 0.733. The lowest BCUT2D eigenvalue weighted by Crippen LogP contribution is -2.54. The van der Waals surface area contributed by atoms with E-state index >= 15 is 0 Å². The molecule has 3 N–H and O–H groups in total. The molecule has 130 valence electrons. The summed E-state index contributed by atoms with van der Waals surface area (Å²) in [5.41, 5.74) is 1.06. The molecule has 0 heterocycles. The summed E-state index contributed by atoms with van der Waals surface area (Å²) in [6.45, 7) is 8.64. The van der Waals surface area contributed by atoms with Gasteiger partial charge in [-0.25, -0.2) is 0 Å². The van der Waals surface area contributed by atoms with E-state index in [-0.39, 0.29) is 29.0 Å². The molecule has 1 fully saturated rings. The van der Waals surface area contributed by atoms with Crippen molar-refractivity contribution in [3.63, 3.8) is 0 Å². The van der Waals surface area contributed by atoms with Crippen molar-refractivity contribution in [1.29, 1.82) is 0 Å². The van der Waals surface area contributed by atoms with Gasteiger partial charge in [0.15, 0.2) is 0 Å². The van der Waals surface area contributed by atoms with E-state index in [4.69, 9.17) is 0 Å². The summed E-state index contributed by atoms with van der Waals surface area (Å²) in [6, 6.07) is 0. The highest BCUT2D eigenvalue weighted by molar-refractivity contribution is 5.35. The summed E-state index contributed by atoms with van der Waals surface area (Å²) in [6.07, 6.45) is 9.66. The highest BCUT2D eigenvalue weighted by atomic mass is 16.3. The van der Waals surface area contributed by atoms with Crippen molar-refractivity contribution in [2.24, 2.45) is 28.1 Å². The monoisotopic (exact) mass is 320 g/mol. The topological polar surface area (TPSA) is 60.7 Å². The van der Waals surface area contributed by atoms with E-state index in [9.17, 15) is 15.3 Å². The molecule has 0 saturated heterocycles. The standard InChI is InChI=1S/C20H32O3/c1-18(2)15-6-5-13-11-19(3,17(23)12-21)9-7-14(13)20(15,4)10-8-16(18)22/h5-6,11,14-17,21-23H,7-10,12H2,1-4H3/t14-,15-,16-,17?,19+,20+/m0/s1. The molecule has 0 aromatic heterocycles. The zero-order valence-corrected chi connectivity index (χ0v) is 14.9. The van der Waals surface area contributed by atoms with E-state index in [0.717, 1.165) is 25.7 Å². The Hall–Kier alpha value is -0.640. The smallest absolute Gasteiger partial charge is 0.0858 e. The van der Waals surface area contributed by atoms with Crippen LogP contribution in [0.4, 0.5) is 0 Å². The molecule has 0 spiro atoms. The molecule has 0 bridgehead atoms. The molecule has 3 heteroatoms. The molecule has 3 rings (SSSR count). The maximum Gasteiger partial charge on any atom is 0.0858 e. The van der Waals surface area contributed by atoms with E-state index in [1.807, 2.05) is 6.92 Å². The second kappa shape index (κ2) is 5.44. The minimum atomic E-state index is -0.695. The predicted octanol–water partition coefficient (Wildman–Crippen LogP) is 3.06. The van der Waals surface area contributed by atoms with Crippen LogP contribution in [0.1, 0.15) is 53.4 Å². The van der Waals surface area contributed by atoms with Crippen LogP contribution >= 0.6 is 0 Å². The van der Waals surface area contributed by atoms with Crippen LogP contribution in [-0.2, 0) is 0 Å². The first-order valence-corrected chi connectivity index (χ1v) is 9.03. The first-order chi connectivity index (χ1) is 10.6. The van der Waals surface area contributed by atoms with E-state index in [1.54, 1.807) is 0 Å². The van der Waals surface area contributed by atoms with Crippen LogP contribution in [0, 0.1) is 28.1 Å². The molecule has 3 nitrogen and oxygen atoms in total. The Kier molecular flexibility index (Phi) is 4.06. The van der Waals surface area contributed by atoms with Crippen molar-refractivity contribution in [2.75, 3.05) is 6.61 Å². The maximum atomic E-state index is 10.5. The molecule has 1 saturated carbocycles. The fourth-order valence-electron chi connectivity index (χ4n) is 5.62. The molecule has 3 aliphatic rings. The van der Waals surface area contributed by atoms with Gasteiger partial charge < -0.3 is 15.3 Å². The van der Waals surface area contributed by atoms with Crippen LogP contribution in [0.15, 0.2) is 23.8 Å². The van der Waals surface area contributed by atoms with Crippen LogP contribution < -0.4 is 0 Å². The molecule has 23 heavy (non-hydrogen) atoms. The molecule has 0 amide bonds. The maximum absolute atomic E-state index is 10.5. The summed E-state index contributed by atoms with van der Waals surface area (Å²) >= 11 is 0. The third kappa shape index (κ3) is 2.43. The van der Waals surface area contributed by atoms with Crippen LogP contribution in [0.3, 0.4) is 0 Å². The average Bonchev–Trinajstić information content (AvgIpc) is 2.50. The fourth-order valence-corrected chi connectivity index (χ4v) is 5.62. The van der Waals surface area contributed by atoms with Gasteiger partial charge >= 0.3 is 0 Å². The zero-order valence-electron chi connectivity index (χ0n) is 14.9. The normalized spacial score (nSPS) is 46.6. The summed E-state index contributed by atoms with van der Waals surface area (Å²) < 4.78 is 0. The van der Waals surface area contributed by atoms with Crippen molar-refractivity contribution in [2.45, 2.75) is 65.6 Å². The van der Waals surface area contributed by atoms with Crippen molar-refractivity contribution in [3.8, 4) is 0 Å². The van der Waals surface area contributed by atoms with Gasteiger partial charge in [-0.2, -0.15) is 0 Å². The Morgan fingerprint density at radius 1 is 1.17 bits per heavy atom. The lowest BCUT2D eigenvalue weighted by molar-refractivity contribution is -0.0988. The van der Waals surface area contributed by atoms with E-state index in [0.29, 0.717) is 11.8 Å². The van der Waals surface area contributed by atoms with Crippen LogP contribution in [0.5, 0.6) is 0 Å². The molecular formula is C20H32O3. The molecule has 0 aliphatic heterocycles. The Bertz CT molecular complexity index is 535. The SMILES string of the molecule is CC1(C)[C@@H](O)CC[C@]2(C)[C@H]3CC[C@@](C)(C(O)CO)C=C3C=C[C@@H]12. The van der Waals surface area contributed by atoms with Crippen molar-refractivity contribution >= 4 is 0 Å². The van der Waals surface area contributed by atoms with Gasteiger partial charge in [-0.3, -0.25) is 0 Å². The number of hydrogen-bond donors (Lipinski definition) is 3. The van der Waals surface area contributed by atoms with Gasteiger partial charge in [-0.15, -0.1) is 0 Å². The van der Waals surface area contributed by atoms with E-state index in [1.165, 1.54) is 5.57 Å². The minimum Gasteiger partial charge on any atom is -0.394 e. The Labute approximate surface area is 140 Å². The molecule has 6 atom stereocenters. The van der Waals surface area contributed by atoms with Crippen molar-refractivity contribution in [3.05, 3.63) is 23.8 Å². The van der Waals surface area contributed by atoms with E-state index in [2.05, 4.69) is 39.0 Å². The predicted molar refractivity (Wildman–Crippen MR) is 91.8 cm³/mol. The number of aliphatic hydroxyl groups excluding tert-OH is 3. The first kappa shape index (κ1) is 17.2. The van der Waals surface area contributed by atoms with Gasteiger partial charge in [-0.1, -0.05) is 45.9 Å². The van der Waals surface area contributed by atoms with Crippen molar-refractivity contribution < 1.29 is 15.3 Å². The molecule has 0 aromatic carbocycles. The van der Waals surface area contributed by atoms with Crippen LogP contribution in [0.2, 0.25) is 0 Å². The highest BCUT2D eigenvalue weighted by Gasteiger charge is 2.55. The van der Waals surface area contributed by atoms with Gasteiger partial charge in [0.25, 0.3) is 0 Å². The van der Waals surface area contributed by atoms with Crippen molar-refractivity contribution in [1.82, 2.24) is 0 Å². The molecular weight excluding hydrogens is 288 g/mol. The number of hydrogen-bond acceptors (Lipinski definition) is 3. The third-order valence-corrected chi connectivity index (χ3v) is 7.41. The average molecular weight is 320 g/mol. The summed E-state index contributed by atoms with van der Waals surface area (Å²) in [5, 5.41) is 30.0. The van der Waals surface area contributed by atoms with Gasteiger partial charge in [-0.05, 0) is 53.9 Å².